The fourth-order valence-corrected chi connectivity index (χ4v) is 2.57. The summed E-state index contributed by atoms with van der Waals surface area (Å²) in [5, 5.41) is 7.74. The highest BCUT2D eigenvalue weighted by Gasteiger charge is 2.12. The number of rotatable bonds is 3. The highest BCUT2D eigenvalue weighted by Crippen LogP contribution is 2.21. The second-order valence-electron chi connectivity index (χ2n) is 4.68. The zero-order valence-corrected chi connectivity index (χ0v) is 13.3. The summed E-state index contributed by atoms with van der Waals surface area (Å²) >= 11 is 3.24. The molecule has 1 aromatic carbocycles. The molecule has 0 aliphatic heterocycles. The third kappa shape index (κ3) is 2.71. The van der Waals surface area contributed by atoms with Gasteiger partial charge in [-0.1, -0.05) is 0 Å². The summed E-state index contributed by atoms with van der Waals surface area (Å²) in [7, 11) is 0. The van der Waals surface area contributed by atoms with Gasteiger partial charge in [-0.25, -0.2) is 14.1 Å². The van der Waals surface area contributed by atoms with Crippen LogP contribution < -0.4 is 5.32 Å². The molecule has 0 saturated heterocycles. The smallest absolute Gasteiger partial charge is 0.256 e. The Bertz CT molecular complexity index is 862. The Balaban J connectivity index is 1.89. The third-order valence-corrected chi connectivity index (χ3v) is 3.90. The number of nitrogens with zero attached hydrogens (tertiary/aromatic N) is 3. The Morgan fingerprint density at radius 3 is 2.95 bits per heavy atom. The minimum absolute atomic E-state index is 0.226. The average molecular weight is 363 g/mol. The molecule has 0 spiro atoms. The maximum atomic E-state index is 13.3. The van der Waals surface area contributed by atoms with Crippen LogP contribution in [0.3, 0.4) is 0 Å². The molecule has 0 saturated carbocycles. The van der Waals surface area contributed by atoms with E-state index in [1.54, 1.807) is 23.1 Å². The van der Waals surface area contributed by atoms with Crippen LogP contribution in [0, 0.1) is 5.82 Å². The summed E-state index contributed by atoms with van der Waals surface area (Å²) in [6.45, 7) is 2.70. The molecule has 5 nitrogen and oxygen atoms in total. The number of anilines is 1. The summed E-state index contributed by atoms with van der Waals surface area (Å²) in [5.41, 5.74) is 1.51. The topological polar surface area (TPSA) is 59.8 Å². The lowest BCUT2D eigenvalue weighted by molar-refractivity contribution is 0.102. The molecule has 2 aromatic heterocycles. The van der Waals surface area contributed by atoms with Gasteiger partial charge < -0.3 is 5.32 Å². The van der Waals surface area contributed by atoms with Crippen LogP contribution in [0.1, 0.15) is 17.3 Å². The fraction of sp³-hybridized carbons (Fsp3) is 0.133. The van der Waals surface area contributed by atoms with Gasteiger partial charge in [0.15, 0.2) is 5.65 Å². The van der Waals surface area contributed by atoms with Crippen molar-refractivity contribution in [1.29, 1.82) is 0 Å². The van der Waals surface area contributed by atoms with Crippen LogP contribution in [0.2, 0.25) is 0 Å². The largest absolute Gasteiger partial charge is 0.321 e. The van der Waals surface area contributed by atoms with Crippen LogP contribution in [0.25, 0.3) is 11.0 Å². The van der Waals surface area contributed by atoms with Gasteiger partial charge in [-0.3, -0.25) is 4.79 Å². The van der Waals surface area contributed by atoms with Crippen molar-refractivity contribution in [3.05, 3.63) is 52.5 Å². The molecule has 0 aliphatic carbocycles. The molecular formula is C15H12BrFN4O. The van der Waals surface area contributed by atoms with E-state index >= 15 is 0 Å². The van der Waals surface area contributed by atoms with Crippen LogP contribution in [0.5, 0.6) is 0 Å². The average Bonchev–Trinajstić information content (AvgIpc) is 2.91. The lowest BCUT2D eigenvalue weighted by Crippen LogP contribution is -2.13. The van der Waals surface area contributed by atoms with Gasteiger partial charge in [0, 0.05) is 16.4 Å². The second-order valence-corrected chi connectivity index (χ2v) is 5.53. The number of amides is 1. The molecule has 7 heteroatoms. The van der Waals surface area contributed by atoms with Crippen molar-refractivity contribution in [3.8, 4) is 0 Å². The molecular weight excluding hydrogens is 351 g/mol. The predicted molar refractivity (Wildman–Crippen MR) is 85.3 cm³/mol. The van der Waals surface area contributed by atoms with Gasteiger partial charge >= 0.3 is 0 Å². The van der Waals surface area contributed by atoms with E-state index in [2.05, 4.69) is 31.3 Å². The fourth-order valence-electron chi connectivity index (χ4n) is 2.14. The molecule has 0 aliphatic rings. The maximum Gasteiger partial charge on any atom is 0.256 e. The van der Waals surface area contributed by atoms with Gasteiger partial charge in [0.25, 0.3) is 5.91 Å². The van der Waals surface area contributed by atoms with Crippen molar-refractivity contribution in [3.63, 3.8) is 0 Å². The summed E-state index contributed by atoms with van der Waals surface area (Å²) in [6.07, 6.45) is 3.25. The maximum absolute atomic E-state index is 13.3. The second kappa shape index (κ2) is 5.84. The third-order valence-electron chi connectivity index (χ3n) is 3.21. The number of benzene rings is 1. The normalized spacial score (nSPS) is 10.9. The van der Waals surface area contributed by atoms with E-state index < -0.39 is 11.7 Å². The van der Waals surface area contributed by atoms with Crippen molar-refractivity contribution >= 4 is 38.6 Å². The molecule has 112 valence electrons. The SMILES string of the molecule is CCn1ncc2cc(NC(=O)c3cc(F)ccc3Br)cnc21. The Labute approximate surface area is 134 Å². The van der Waals surface area contributed by atoms with Crippen LogP contribution in [-0.4, -0.2) is 20.7 Å². The molecule has 0 radical (unpaired) electrons. The molecule has 0 bridgehead atoms. The van der Waals surface area contributed by atoms with E-state index in [0.29, 0.717) is 10.2 Å². The first-order valence-electron chi connectivity index (χ1n) is 6.66. The molecule has 22 heavy (non-hydrogen) atoms. The van der Waals surface area contributed by atoms with Crippen molar-refractivity contribution < 1.29 is 9.18 Å². The highest BCUT2D eigenvalue weighted by atomic mass is 79.9. The Kier molecular flexibility index (Phi) is 3.89. The minimum Gasteiger partial charge on any atom is -0.321 e. The Morgan fingerprint density at radius 1 is 1.36 bits per heavy atom. The van der Waals surface area contributed by atoms with Gasteiger partial charge in [-0.15, -0.1) is 0 Å². The number of aromatic nitrogens is 3. The lowest BCUT2D eigenvalue weighted by Gasteiger charge is -2.07. The number of pyridine rings is 1. The Hall–Kier alpha value is -2.28. The van der Waals surface area contributed by atoms with Crippen LogP contribution >= 0.6 is 15.9 Å². The summed E-state index contributed by atoms with van der Waals surface area (Å²) in [4.78, 5) is 16.5. The number of carbonyl (C=O) groups is 1. The summed E-state index contributed by atoms with van der Waals surface area (Å²) in [6, 6.07) is 5.75. The zero-order chi connectivity index (χ0) is 15.7. The summed E-state index contributed by atoms with van der Waals surface area (Å²) < 4.78 is 15.6. The minimum atomic E-state index is -0.467. The molecule has 0 unspecified atom stereocenters. The van der Waals surface area contributed by atoms with E-state index in [9.17, 15) is 9.18 Å². The van der Waals surface area contributed by atoms with Gasteiger partial charge in [-0.05, 0) is 47.1 Å². The van der Waals surface area contributed by atoms with E-state index in [0.717, 1.165) is 17.6 Å². The number of nitrogens with one attached hydrogen (secondary N) is 1. The monoisotopic (exact) mass is 362 g/mol. The van der Waals surface area contributed by atoms with Crippen molar-refractivity contribution in [2.75, 3.05) is 5.32 Å². The summed E-state index contributed by atoms with van der Waals surface area (Å²) in [5.74, 6) is -0.874. The van der Waals surface area contributed by atoms with Crippen molar-refractivity contribution in [1.82, 2.24) is 14.8 Å². The van der Waals surface area contributed by atoms with Crippen LogP contribution in [-0.2, 0) is 6.54 Å². The van der Waals surface area contributed by atoms with Gasteiger partial charge in [0.05, 0.1) is 23.6 Å². The molecule has 1 N–H and O–H groups in total. The van der Waals surface area contributed by atoms with E-state index in [4.69, 9.17) is 0 Å². The van der Waals surface area contributed by atoms with Crippen LogP contribution in [0.15, 0.2) is 41.1 Å². The standard InChI is InChI=1S/C15H12BrFN4O/c1-2-21-14-9(7-19-21)5-11(8-18-14)20-15(22)12-6-10(17)3-4-13(12)16/h3-8H,2H2,1H3,(H,20,22). The van der Waals surface area contributed by atoms with Gasteiger partial charge in [0.1, 0.15) is 5.82 Å². The van der Waals surface area contributed by atoms with E-state index in [1.165, 1.54) is 18.2 Å². The molecule has 3 rings (SSSR count). The van der Waals surface area contributed by atoms with Gasteiger partial charge in [0.2, 0.25) is 0 Å². The predicted octanol–water partition coefficient (Wildman–Crippen LogP) is 3.61. The molecule has 3 aromatic rings. The molecule has 0 fully saturated rings. The first-order valence-corrected chi connectivity index (χ1v) is 7.45. The first-order chi connectivity index (χ1) is 10.6. The number of fused-ring (bicyclic) bond motifs is 1. The number of carbonyl (C=O) groups excluding carboxylic acids is 1. The van der Waals surface area contributed by atoms with Gasteiger partial charge in [-0.2, -0.15) is 5.10 Å². The highest BCUT2D eigenvalue weighted by molar-refractivity contribution is 9.10. The lowest BCUT2D eigenvalue weighted by atomic mass is 10.2. The Morgan fingerprint density at radius 2 is 2.18 bits per heavy atom. The van der Waals surface area contributed by atoms with Crippen LogP contribution in [0.4, 0.5) is 10.1 Å². The molecule has 2 heterocycles. The van der Waals surface area contributed by atoms with E-state index in [1.807, 2.05) is 6.92 Å². The first kappa shape index (κ1) is 14.6. The molecule has 1 amide bonds. The quantitative estimate of drug-likeness (QED) is 0.774. The number of halogens is 2. The van der Waals surface area contributed by atoms with E-state index in [-0.39, 0.29) is 5.56 Å². The molecule has 0 atom stereocenters. The number of aryl methyl sites for hydroxylation is 1. The number of hydrogen-bond acceptors (Lipinski definition) is 3. The van der Waals surface area contributed by atoms with Crippen molar-refractivity contribution in [2.24, 2.45) is 0 Å². The zero-order valence-electron chi connectivity index (χ0n) is 11.7. The van der Waals surface area contributed by atoms with Crippen molar-refractivity contribution in [2.45, 2.75) is 13.5 Å². The number of hydrogen-bond donors (Lipinski definition) is 1.